The van der Waals surface area contributed by atoms with E-state index in [4.69, 9.17) is 0 Å². The number of nitriles is 1. The highest BCUT2D eigenvalue weighted by molar-refractivity contribution is 6.00. The molecule has 0 spiro atoms. The number of allylic oxidation sites excluding steroid dienone is 1. The molecule has 0 atom stereocenters. The summed E-state index contributed by atoms with van der Waals surface area (Å²) in [6, 6.07) is 11.1. The Labute approximate surface area is 247 Å². The predicted octanol–water partition coefficient (Wildman–Crippen LogP) is 6.08. The van der Waals surface area contributed by atoms with Gasteiger partial charge in [-0.15, -0.1) is 0 Å². The normalized spacial score (nSPS) is 15.2. The average molecular weight is 568 g/mol. The van der Waals surface area contributed by atoms with Crippen LogP contribution in [0.1, 0.15) is 66.2 Å². The van der Waals surface area contributed by atoms with Gasteiger partial charge in [0, 0.05) is 50.3 Å². The van der Waals surface area contributed by atoms with Gasteiger partial charge in [-0.1, -0.05) is 12.1 Å². The number of carbonyl (C=O) groups is 1. The Kier molecular flexibility index (Phi) is 8.83. The second kappa shape index (κ2) is 12.7. The van der Waals surface area contributed by atoms with E-state index in [-0.39, 0.29) is 23.6 Å². The van der Waals surface area contributed by atoms with E-state index in [0.29, 0.717) is 23.7 Å². The van der Waals surface area contributed by atoms with Crippen LogP contribution in [0.25, 0.3) is 6.08 Å². The molecule has 0 bridgehead atoms. The van der Waals surface area contributed by atoms with Crippen LogP contribution in [0, 0.1) is 24.1 Å². The molecule has 1 aliphatic heterocycles. The lowest BCUT2D eigenvalue weighted by Crippen LogP contribution is -2.39. The van der Waals surface area contributed by atoms with Gasteiger partial charge in [0.2, 0.25) is 0 Å². The van der Waals surface area contributed by atoms with Crippen molar-refractivity contribution < 1.29 is 9.18 Å². The van der Waals surface area contributed by atoms with E-state index in [0.717, 1.165) is 44.5 Å². The van der Waals surface area contributed by atoms with Gasteiger partial charge in [0.05, 0.1) is 23.5 Å². The summed E-state index contributed by atoms with van der Waals surface area (Å²) in [6.45, 7) is 11.3. The minimum Gasteiger partial charge on any atom is -0.365 e. The molecular formula is C33H38FN7O. The first-order valence-corrected chi connectivity index (χ1v) is 14.7. The van der Waals surface area contributed by atoms with E-state index in [1.54, 1.807) is 17.2 Å². The molecule has 2 aliphatic rings. The molecule has 3 aromatic rings. The molecule has 0 radical (unpaired) electrons. The number of hydrogen-bond donors (Lipinski definition) is 2. The summed E-state index contributed by atoms with van der Waals surface area (Å²) in [5.41, 5.74) is 7.27. The van der Waals surface area contributed by atoms with Gasteiger partial charge in [-0.25, -0.2) is 14.4 Å². The molecule has 2 aromatic carbocycles. The third-order valence-electron chi connectivity index (χ3n) is 8.30. The van der Waals surface area contributed by atoms with Crippen LogP contribution in [0.2, 0.25) is 0 Å². The fourth-order valence-electron chi connectivity index (χ4n) is 5.91. The predicted molar refractivity (Wildman–Crippen MR) is 164 cm³/mol. The Hall–Kier alpha value is -4.29. The smallest absolute Gasteiger partial charge is 0.256 e. The Morgan fingerprint density at radius 1 is 1.21 bits per heavy atom. The molecule has 1 saturated heterocycles. The monoisotopic (exact) mass is 567 g/mol. The molecule has 1 aromatic heterocycles. The molecule has 5 rings (SSSR count). The van der Waals surface area contributed by atoms with Crippen molar-refractivity contribution in [1.82, 2.24) is 19.8 Å². The Balaban J connectivity index is 1.24. The Bertz CT molecular complexity index is 1540. The van der Waals surface area contributed by atoms with Gasteiger partial charge in [-0.3, -0.25) is 9.69 Å². The lowest BCUT2D eigenvalue weighted by molar-refractivity contribution is 0.0717. The van der Waals surface area contributed by atoms with Gasteiger partial charge < -0.3 is 15.5 Å². The molecule has 8 nitrogen and oxygen atoms in total. The molecule has 1 aliphatic carbocycles. The Morgan fingerprint density at radius 2 is 2.00 bits per heavy atom. The SMILES string of the molecule is CCN(C(=O)c1cc(F)ccc1Nc1cncnc1NC1CCN(Cc2ccc3c(c2C)C=C(C#N)C3)CC1)C(C)C. The van der Waals surface area contributed by atoms with Gasteiger partial charge in [-0.05, 0) is 87.1 Å². The van der Waals surface area contributed by atoms with Gasteiger partial charge in [0.15, 0.2) is 5.82 Å². The number of nitrogens with one attached hydrogen (secondary N) is 2. The summed E-state index contributed by atoms with van der Waals surface area (Å²) in [6.07, 6.45) is 7.84. The number of anilines is 3. The molecule has 0 unspecified atom stereocenters. The fourth-order valence-corrected chi connectivity index (χ4v) is 5.91. The number of amides is 1. The molecule has 218 valence electrons. The molecule has 0 saturated carbocycles. The zero-order chi connectivity index (χ0) is 29.8. The minimum absolute atomic E-state index is 0.0124. The maximum atomic E-state index is 14.2. The highest BCUT2D eigenvalue weighted by Gasteiger charge is 2.24. The summed E-state index contributed by atoms with van der Waals surface area (Å²) in [4.78, 5) is 26.2. The second-order valence-electron chi connectivity index (χ2n) is 11.4. The van der Waals surface area contributed by atoms with E-state index in [2.05, 4.69) is 50.6 Å². The zero-order valence-electron chi connectivity index (χ0n) is 24.7. The Morgan fingerprint density at radius 3 is 2.71 bits per heavy atom. The number of carbonyl (C=O) groups excluding carboxylic acids is 1. The van der Waals surface area contributed by atoms with Crippen LogP contribution in [-0.4, -0.2) is 57.4 Å². The number of rotatable bonds is 9. The summed E-state index contributed by atoms with van der Waals surface area (Å²) in [5, 5.41) is 16.2. The minimum atomic E-state index is -0.461. The van der Waals surface area contributed by atoms with Crippen LogP contribution in [-0.2, 0) is 13.0 Å². The van der Waals surface area contributed by atoms with Crippen molar-refractivity contribution in [2.24, 2.45) is 0 Å². The molecular weight excluding hydrogens is 529 g/mol. The van der Waals surface area contributed by atoms with Gasteiger partial charge in [0.25, 0.3) is 5.91 Å². The number of halogens is 1. The van der Waals surface area contributed by atoms with Crippen LogP contribution >= 0.6 is 0 Å². The molecule has 2 heterocycles. The van der Waals surface area contributed by atoms with Crippen LogP contribution in [0.4, 0.5) is 21.6 Å². The van der Waals surface area contributed by atoms with E-state index in [9.17, 15) is 14.4 Å². The van der Waals surface area contributed by atoms with Crippen LogP contribution in [0.3, 0.4) is 0 Å². The molecule has 1 amide bonds. The molecule has 42 heavy (non-hydrogen) atoms. The first-order valence-electron chi connectivity index (χ1n) is 14.7. The quantitative estimate of drug-likeness (QED) is 0.324. The average Bonchev–Trinajstić information content (AvgIpc) is 3.42. The van der Waals surface area contributed by atoms with Crippen LogP contribution in [0.5, 0.6) is 0 Å². The van der Waals surface area contributed by atoms with Crippen molar-refractivity contribution in [2.75, 3.05) is 30.3 Å². The first-order chi connectivity index (χ1) is 20.3. The van der Waals surface area contributed by atoms with Crippen molar-refractivity contribution in [3.05, 3.63) is 82.1 Å². The van der Waals surface area contributed by atoms with Crippen LogP contribution in [0.15, 0.2) is 48.4 Å². The van der Waals surface area contributed by atoms with E-state index >= 15 is 0 Å². The van der Waals surface area contributed by atoms with Gasteiger partial charge in [-0.2, -0.15) is 5.26 Å². The van der Waals surface area contributed by atoms with Gasteiger partial charge in [0.1, 0.15) is 17.8 Å². The number of aromatic nitrogens is 2. The maximum absolute atomic E-state index is 14.2. The first kappa shape index (κ1) is 29.2. The topological polar surface area (TPSA) is 97.2 Å². The van der Waals surface area contributed by atoms with Crippen molar-refractivity contribution in [1.29, 1.82) is 5.26 Å². The van der Waals surface area contributed by atoms with Crippen molar-refractivity contribution in [2.45, 2.75) is 65.6 Å². The second-order valence-corrected chi connectivity index (χ2v) is 11.4. The van der Waals surface area contributed by atoms with E-state index < -0.39 is 5.82 Å². The lowest BCUT2D eigenvalue weighted by Gasteiger charge is -2.33. The standard InChI is InChI=1S/C33H38FN7O/c1-5-41(21(2)3)33(42)29-16-26(34)8-9-30(29)39-31-18-36-20-37-32(31)38-27-10-12-40(13-11-27)19-25-7-6-24-14-23(17-35)15-28(24)22(25)4/h6-9,15-16,18,20-21,27,39H,5,10-14,19H2,1-4H3,(H,36,37,38). The largest absolute Gasteiger partial charge is 0.365 e. The summed E-state index contributed by atoms with van der Waals surface area (Å²) < 4.78 is 14.2. The van der Waals surface area contributed by atoms with E-state index in [1.165, 1.54) is 40.7 Å². The molecule has 1 fully saturated rings. The third-order valence-corrected chi connectivity index (χ3v) is 8.30. The lowest BCUT2D eigenvalue weighted by atomic mass is 9.97. The van der Waals surface area contributed by atoms with Crippen molar-refractivity contribution in [3.8, 4) is 6.07 Å². The number of nitrogens with zero attached hydrogens (tertiary/aromatic N) is 5. The van der Waals surface area contributed by atoms with Crippen molar-refractivity contribution >= 4 is 29.2 Å². The molecule has 2 N–H and O–H groups in total. The summed E-state index contributed by atoms with van der Waals surface area (Å²) in [7, 11) is 0. The summed E-state index contributed by atoms with van der Waals surface area (Å²) in [5.74, 6) is -0.0399. The molecule has 9 heteroatoms. The van der Waals surface area contributed by atoms with Crippen molar-refractivity contribution in [3.63, 3.8) is 0 Å². The fraction of sp³-hybridized carbons (Fsp3) is 0.394. The number of likely N-dealkylation sites (tertiary alicyclic amines) is 1. The number of benzene rings is 2. The number of piperidine rings is 1. The van der Waals surface area contributed by atoms with E-state index in [1.807, 2.05) is 26.8 Å². The van der Waals surface area contributed by atoms with Gasteiger partial charge >= 0.3 is 0 Å². The number of hydrogen-bond acceptors (Lipinski definition) is 7. The zero-order valence-corrected chi connectivity index (χ0v) is 24.7. The third kappa shape index (κ3) is 6.29. The number of fused-ring (bicyclic) bond motifs is 1. The highest BCUT2D eigenvalue weighted by atomic mass is 19.1. The highest BCUT2D eigenvalue weighted by Crippen LogP contribution is 2.31. The summed E-state index contributed by atoms with van der Waals surface area (Å²) >= 11 is 0. The van der Waals surface area contributed by atoms with Crippen LogP contribution < -0.4 is 10.6 Å². The maximum Gasteiger partial charge on any atom is 0.256 e.